The zero-order valence-corrected chi connectivity index (χ0v) is 42.9. The quantitative estimate of drug-likeness (QED) is 0.0262. The molecule has 6 nitrogen and oxygen atoms in total. The van der Waals surface area contributed by atoms with Gasteiger partial charge in [-0.1, -0.05) is 206 Å². The highest BCUT2D eigenvalue weighted by Crippen LogP contribution is 2.11. The number of unbranched alkanes of at least 4 members (excludes halogenated alkanes) is 13. The first-order chi connectivity index (χ1) is 33.0. The van der Waals surface area contributed by atoms with Gasteiger partial charge < -0.3 is 14.2 Å². The molecule has 376 valence electrons. The van der Waals surface area contributed by atoms with E-state index in [0.29, 0.717) is 19.3 Å². The van der Waals surface area contributed by atoms with Gasteiger partial charge in [0, 0.05) is 19.3 Å². The van der Waals surface area contributed by atoms with Crippen molar-refractivity contribution in [2.24, 2.45) is 0 Å². The molecule has 0 bridgehead atoms. The highest BCUT2D eigenvalue weighted by atomic mass is 16.6. The van der Waals surface area contributed by atoms with Gasteiger partial charge in [-0.15, -0.1) is 0 Å². The molecule has 0 rings (SSSR count). The minimum atomic E-state index is -0.848. The average Bonchev–Trinajstić information content (AvgIpc) is 3.33. The monoisotopic (exact) mass is 925 g/mol. The van der Waals surface area contributed by atoms with E-state index in [-0.39, 0.29) is 38.0 Å². The van der Waals surface area contributed by atoms with Crippen LogP contribution in [0.25, 0.3) is 0 Å². The van der Waals surface area contributed by atoms with Crippen molar-refractivity contribution in [3.63, 3.8) is 0 Å². The summed E-state index contributed by atoms with van der Waals surface area (Å²) in [5.41, 5.74) is 0. The number of allylic oxidation sites excluding steroid dienone is 22. The zero-order chi connectivity index (χ0) is 48.6. The van der Waals surface area contributed by atoms with Gasteiger partial charge in [0.1, 0.15) is 13.2 Å². The summed E-state index contributed by atoms with van der Waals surface area (Å²) in [6.07, 6.45) is 76.0. The van der Waals surface area contributed by atoms with Gasteiger partial charge in [-0.25, -0.2) is 0 Å². The summed E-state index contributed by atoms with van der Waals surface area (Å²) in [5.74, 6) is -1.10. The third-order valence-corrected chi connectivity index (χ3v) is 10.6. The predicted octanol–water partition coefficient (Wildman–Crippen LogP) is 17.9. The molecule has 0 aromatic carbocycles. The zero-order valence-electron chi connectivity index (χ0n) is 42.9. The lowest BCUT2D eigenvalue weighted by Crippen LogP contribution is -2.30. The second kappa shape index (κ2) is 54.2. The molecule has 0 heterocycles. The van der Waals surface area contributed by atoms with Crippen LogP contribution in [0.3, 0.4) is 0 Å². The second-order valence-electron chi connectivity index (χ2n) is 17.0. The Kier molecular flexibility index (Phi) is 50.6. The summed E-state index contributed by atoms with van der Waals surface area (Å²) in [7, 11) is 0. The molecule has 0 aliphatic rings. The summed E-state index contributed by atoms with van der Waals surface area (Å²) in [4.78, 5) is 38.0. The molecular weight excluding hydrogens is 829 g/mol. The van der Waals surface area contributed by atoms with E-state index in [9.17, 15) is 14.4 Å². The van der Waals surface area contributed by atoms with Crippen LogP contribution in [0.1, 0.15) is 213 Å². The van der Waals surface area contributed by atoms with Crippen LogP contribution < -0.4 is 0 Å². The van der Waals surface area contributed by atoms with E-state index in [1.54, 1.807) is 0 Å². The van der Waals surface area contributed by atoms with Gasteiger partial charge in [-0.05, 0) is 122 Å². The van der Waals surface area contributed by atoms with Crippen LogP contribution >= 0.6 is 0 Å². The molecule has 0 N–H and O–H groups in total. The molecule has 1 atom stereocenters. The number of carbonyl (C=O) groups excluding carboxylic acids is 3. The molecule has 0 aromatic rings. The molecule has 0 fully saturated rings. The number of hydrogen-bond donors (Lipinski definition) is 0. The summed E-state index contributed by atoms with van der Waals surface area (Å²) >= 11 is 0. The lowest BCUT2D eigenvalue weighted by Gasteiger charge is -2.18. The van der Waals surface area contributed by atoms with Crippen LogP contribution in [-0.2, 0) is 28.6 Å². The van der Waals surface area contributed by atoms with E-state index in [2.05, 4.69) is 142 Å². The first kappa shape index (κ1) is 62.5. The lowest BCUT2D eigenvalue weighted by molar-refractivity contribution is -0.166. The molecule has 6 heteroatoms. The molecule has 0 saturated carbocycles. The van der Waals surface area contributed by atoms with Crippen molar-refractivity contribution in [1.82, 2.24) is 0 Å². The minimum Gasteiger partial charge on any atom is -0.462 e. The van der Waals surface area contributed by atoms with Crippen LogP contribution in [0, 0.1) is 0 Å². The van der Waals surface area contributed by atoms with E-state index >= 15 is 0 Å². The van der Waals surface area contributed by atoms with Crippen molar-refractivity contribution >= 4 is 17.9 Å². The van der Waals surface area contributed by atoms with Crippen molar-refractivity contribution < 1.29 is 28.6 Å². The molecule has 0 aliphatic heterocycles. The predicted molar refractivity (Wildman–Crippen MR) is 288 cm³/mol. The molecule has 0 aliphatic carbocycles. The Hall–Kier alpha value is -4.45. The summed E-state index contributed by atoms with van der Waals surface area (Å²) in [6, 6.07) is 0. The van der Waals surface area contributed by atoms with Crippen LogP contribution in [0.15, 0.2) is 134 Å². The first-order valence-electron chi connectivity index (χ1n) is 26.7. The third kappa shape index (κ3) is 52.4. The number of esters is 3. The van der Waals surface area contributed by atoms with Crippen molar-refractivity contribution in [1.29, 1.82) is 0 Å². The molecule has 1 unspecified atom stereocenters. The summed E-state index contributed by atoms with van der Waals surface area (Å²) in [6.45, 7) is 6.34. The fraction of sp³-hybridized carbons (Fsp3) is 0.590. The second-order valence-corrected chi connectivity index (χ2v) is 17.0. The maximum atomic E-state index is 12.8. The largest absolute Gasteiger partial charge is 0.462 e. The van der Waals surface area contributed by atoms with Crippen molar-refractivity contribution in [2.45, 2.75) is 219 Å². The van der Waals surface area contributed by atoms with E-state index in [1.807, 2.05) is 12.2 Å². The third-order valence-electron chi connectivity index (χ3n) is 10.6. The van der Waals surface area contributed by atoms with Crippen molar-refractivity contribution in [3.05, 3.63) is 134 Å². The topological polar surface area (TPSA) is 78.9 Å². The number of rotatable bonds is 46. The van der Waals surface area contributed by atoms with Crippen LogP contribution in [-0.4, -0.2) is 37.2 Å². The Morgan fingerprint density at radius 3 is 1.09 bits per heavy atom. The smallest absolute Gasteiger partial charge is 0.306 e. The summed E-state index contributed by atoms with van der Waals surface area (Å²) in [5, 5.41) is 0. The Bertz CT molecular complexity index is 1480. The van der Waals surface area contributed by atoms with Gasteiger partial charge in [0.2, 0.25) is 0 Å². The van der Waals surface area contributed by atoms with Gasteiger partial charge >= 0.3 is 17.9 Å². The van der Waals surface area contributed by atoms with Crippen LogP contribution in [0.5, 0.6) is 0 Å². The van der Waals surface area contributed by atoms with Gasteiger partial charge in [-0.3, -0.25) is 14.4 Å². The highest BCUT2D eigenvalue weighted by molar-refractivity contribution is 5.71. The SMILES string of the molecule is CC/C=C\C/C=C\C/C=C\C/C=C\C/C=C\C/C=C\CCC(=O)OCC(COC(=O)CCCCC/C=C\CCCCCCCC)OC(=O)CCC/C=C\C/C=C\C/C=C\C/C=C\CCCCC. The van der Waals surface area contributed by atoms with E-state index in [0.717, 1.165) is 96.3 Å². The number of ether oxygens (including phenoxy) is 3. The van der Waals surface area contributed by atoms with Crippen LogP contribution in [0.4, 0.5) is 0 Å². The fourth-order valence-corrected chi connectivity index (χ4v) is 6.63. The van der Waals surface area contributed by atoms with Crippen molar-refractivity contribution in [3.8, 4) is 0 Å². The lowest BCUT2D eigenvalue weighted by atomic mass is 10.1. The molecule has 0 spiro atoms. The minimum absolute atomic E-state index is 0.136. The Labute approximate surface area is 411 Å². The van der Waals surface area contributed by atoms with Gasteiger partial charge in [0.25, 0.3) is 0 Å². The van der Waals surface area contributed by atoms with Gasteiger partial charge in [-0.2, -0.15) is 0 Å². The van der Waals surface area contributed by atoms with E-state index in [1.165, 1.54) is 64.2 Å². The molecule has 0 radical (unpaired) electrons. The first-order valence-corrected chi connectivity index (χ1v) is 26.7. The van der Waals surface area contributed by atoms with Gasteiger partial charge in [0.05, 0.1) is 0 Å². The molecule has 0 amide bonds. The molecule has 67 heavy (non-hydrogen) atoms. The molecular formula is C61H96O6. The average molecular weight is 925 g/mol. The normalized spacial score (nSPS) is 13.2. The number of carbonyl (C=O) groups is 3. The molecule has 0 saturated heterocycles. The standard InChI is InChI=1S/C61H96O6/c1-4-7-10-13-16-19-22-25-27-29-30-32-33-36-39-42-45-48-51-54-60(63)66-57-58(56-65-59(62)53-50-47-44-41-38-35-24-21-18-15-12-9-6-3)67-61(64)55-52-49-46-43-40-37-34-31-28-26-23-20-17-14-11-8-5-2/h7,10,16-17,19-20,25-28,30,32,34-39,43,45-46,48,58H,4-6,8-9,11-15,18,21-24,29,31,33,40-42,44,47,49-57H2,1-3H3/b10-7-,19-16-,20-17-,27-25-,28-26-,32-30-,37-34-,38-35-,39-36-,46-43-,48-45-. The maximum absolute atomic E-state index is 12.8. The fourth-order valence-electron chi connectivity index (χ4n) is 6.63. The summed E-state index contributed by atoms with van der Waals surface area (Å²) < 4.78 is 16.7. The molecule has 0 aromatic heterocycles. The van der Waals surface area contributed by atoms with E-state index < -0.39 is 12.1 Å². The van der Waals surface area contributed by atoms with Crippen molar-refractivity contribution in [2.75, 3.05) is 13.2 Å². The van der Waals surface area contributed by atoms with E-state index in [4.69, 9.17) is 14.2 Å². The van der Waals surface area contributed by atoms with Gasteiger partial charge in [0.15, 0.2) is 6.10 Å². The Morgan fingerprint density at radius 2 is 0.627 bits per heavy atom. The Balaban J connectivity index is 4.63. The highest BCUT2D eigenvalue weighted by Gasteiger charge is 2.19. The number of hydrogen-bond acceptors (Lipinski definition) is 6. The van der Waals surface area contributed by atoms with Crippen LogP contribution in [0.2, 0.25) is 0 Å². The Morgan fingerprint density at radius 1 is 0.313 bits per heavy atom. The maximum Gasteiger partial charge on any atom is 0.306 e.